The fourth-order valence-electron chi connectivity index (χ4n) is 3.81. The van der Waals surface area contributed by atoms with Gasteiger partial charge in [-0.2, -0.15) is 13.9 Å². The van der Waals surface area contributed by atoms with Crippen LogP contribution in [0.3, 0.4) is 0 Å². The molecule has 7 heteroatoms. The molecule has 31 heavy (non-hydrogen) atoms. The molecule has 1 amide bonds. The van der Waals surface area contributed by atoms with Gasteiger partial charge in [0.2, 0.25) is 5.91 Å². The highest BCUT2D eigenvalue weighted by atomic mass is 19.3. The molecule has 0 bridgehead atoms. The Labute approximate surface area is 179 Å². The summed E-state index contributed by atoms with van der Waals surface area (Å²) in [5.74, 6) is -0.125. The van der Waals surface area contributed by atoms with Crippen LogP contribution in [0.5, 0.6) is 5.75 Å². The van der Waals surface area contributed by atoms with Gasteiger partial charge in [-0.15, -0.1) is 0 Å². The van der Waals surface area contributed by atoms with Gasteiger partial charge in [0, 0.05) is 17.3 Å². The molecule has 0 saturated carbocycles. The average Bonchev–Trinajstić information content (AvgIpc) is 3.17. The number of rotatable bonds is 7. The number of nitrogens with one attached hydrogen (secondary N) is 1. The minimum absolute atomic E-state index is 0.0766. The highest BCUT2D eigenvalue weighted by Crippen LogP contribution is 2.30. The zero-order valence-corrected chi connectivity index (χ0v) is 16.9. The van der Waals surface area contributed by atoms with E-state index in [1.165, 1.54) is 29.5 Å². The van der Waals surface area contributed by atoms with Gasteiger partial charge in [-0.1, -0.05) is 42.5 Å². The number of benzene rings is 2. The molecule has 1 aliphatic carbocycles. The number of carbonyl (C=O) groups is 1. The second-order valence-electron chi connectivity index (χ2n) is 7.42. The average molecular weight is 423 g/mol. The van der Waals surface area contributed by atoms with Gasteiger partial charge in [0.15, 0.2) is 0 Å². The first-order valence-corrected chi connectivity index (χ1v) is 10.2. The number of hydrogen-bond donors (Lipinski definition) is 1. The van der Waals surface area contributed by atoms with E-state index in [4.69, 9.17) is 0 Å². The third-order valence-corrected chi connectivity index (χ3v) is 5.29. The van der Waals surface area contributed by atoms with Gasteiger partial charge in [-0.05, 0) is 48.6 Å². The molecule has 0 spiro atoms. The predicted molar refractivity (Wildman–Crippen MR) is 114 cm³/mol. The van der Waals surface area contributed by atoms with Crippen molar-refractivity contribution >= 4 is 12.0 Å². The number of aromatic nitrogens is 2. The van der Waals surface area contributed by atoms with E-state index in [1.807, 2.05) is 29.1 Å². The Morgan fingerprint density at radius 1 is 1.19 bits per heavy atom. The van der Waals surface area contributed by atoms with Crippen molar-refractivity contribution in [1.29, 1.82) is 0 Å². The summed E-state index contributed by atoms with van der Waals surface area (Å²) in [7, 11) is 0. The van der Waals surface area contributed by atoms with Crippen LogP contribution in [0.1, 0.15) is 41.3 Å². The molecule has 0 saturated heterocycles. The second-order valence-corrected chi connectivity index (χ2v) is 7.42. The molecule has 1 unspecified atom stereocenters. The first-order chi connectivity index (χ1) is 15.1. The molecule has 2 aromatic carbocycles. The van der Waals surface area contributed by atoms with Gasteiger partial charge >= 0.3 is 6.61 Å². The van der Waals surface area contributed by atoms with E-state index in [0.29, 0.717) is 6.54 Å². The summed E-state index contributed by atoms with van der Waals surface area (Å²) < 4.78 is 30.8. The summed E-state index contributed by atoms with van der Waals surface area (Å²) in [6.45, 7) is -2.15. The summed E-state index contributed by atoms with van der Waals surface area (Å²) in [6.07, 6.45) is 7.73. The van der Waals surface area contributed by atoms with Gasteiger partial charge in [0.1, 0.15) is 5.75 Å². The molecule has 1 aromatic heterocycles. The zero-order valence-electron chi connectivity index (χ0n) is 16.9. The molecule has 1 aliphatic rings. The molecule has 1 heterocycles. The number of fused-ring (bicyclic) bond motifs is 1. The topological polar surface area (TPSA) is 56.1 Å². The van der Waals surface area contributed by atoms with Crippen molar-refractivity contribution < 1.29 is 18.3 Å². The number of carbonyl (C=O) groups excluding carboxylic acids is 1. The van der Waals surface area contributed by atoms with Crippen LogP contribution >= 0.6 is 0 Å². The smallest absolute Gasteiger partial charge is 0.387 e. The minimum atomic E-state index is -2.86. The molecule has 1 N–H and O–H groups in total. The maximum Gasteiger partial charge on any atom is 0.387 e. The highest BCUT2D eigenvalue weighted by molar-refractivity contribution is 5.92. The zero-order chi connectivity index (χ0) is 21.6. The second kappa shape index (κ2) is 9.55. The Morgan fingerprint density at radius 2 is 1.97 bits per heavy atom. The summed E-state index contributed by atoms with van der Waals surface area (Å²) in [5.41, 5.74) is 4.14. The Balaban J connectivity index is 1.39. The molecule has 5 nitrogen and oxygen atoms in total. The predicted octanol–water partition coefficient (Wildman–Crippen LogP) is 4.74. The monoisotopic (exact) mass is 423 g/mol. The lowest BCUT2D eigenvalue weighted by atomic mass is 9.93. The maximum absolute atomic E-state index is 12.5. The number of ether oxygens (including phenoxy) is 1. The van der Waals surface area contributed by atoms with Crippen LogP contribution in [0.15, 0.2) is 66.9 Å². The number of nitrogens with zero attached hydrogens (tertiary/aromatic N) is 2. The van der Waals surface area contributed by atoms with Crippen LogP contribution in [0, 0.1) is 0 Å². The van der Waals surface area contributed by atoms with Crippen molar-refractivity contribution in [2.75, 3.05) is 0 Å². The fraction of sp³-hybridized carbons (Fsp3) is 0.250. The van der Waals surface area contributed by atoms with Crippen molar-refractivity contribution in [3.05, 3.63) is 89.3 Å². The van der Waals surface area contributed by atoms with Crippen LogP contribution in [0.4, 0.5) is 8.78 Å². The van der Waals surface area contributed by atoms with Crippen LogP contribution in [0.2, 0.25) is 0 Å². The lowest BCUT2D eigenvalue weighted by molar-refractivity contribution is -0.117. The third kappa shape index (κ3) is 5.36. The molecule has 0 fully saturated rings. The first-order valence-electron chi connectivity index (χ1n) is 10.2. The van der Waals surface area contributed by atoms with Crippen molar-refractivity contribution in [3.63, 3.8) is 0 Å². The molecular weight excluding hydrogens is 400 g/mol. The van der Waals surface area contributed by atoms with E-state index < -0.39 is 6.61 Å². The standard InChI is InChI=1S/C24H23F2N3O2/c25-24(26)31-19-12-9-17(10-13-19)11-14-23(30)28-21-7-4-8-22-20(21)15-27-29(22)16-18-5-2-1-3-6-18/h1-3,5-6,9-15,21,24H,4,7-8,16H2,(H,28,30)/b14-11+. The van der Waals surface area contributed by atoms with Crippen molar-refractivity contribution in [2.45, 2.75) is 38.5 Å². The van der Waals surface area contributed by atoms with Crippen molar-refractivity contribution in [1.82, 2.24) is 15.1 Å². The number of halogens is 2. The third-order valence-electron chi connectivity index (χ3n) is 5.29. The Hall–Kier alpha value is -3.48. The van der Waals surface area contributed by atoms with Crippen LogP contribution in [0.25, 0.3) is 6.08 Å². The molecule has 3 aromatic rings. The fourth-order valence-corrected chi connectivity index (χ4v) is 3.81. The summed E-state index contributed by atoms with van der Waals surface area (Å²) in [4.78, 5) is 12.5. The van der Waals surface area contributed by atoms with Gasteiger partial charge < -0.3 is 10.1 Å². The first kappa shape index (κ1) is 20.8. The van der Waals surface area contributed by atoms with Gasteiger partial charge in [0.05, 0.1) is 18.8 Å². The van der Waals surface area contributed by atoms with E-state index in [-0.39, 0.29) is 17.7 Å². The van der Waals surface area contributed by atoms with E-state index >= 15 is 0 Å². The van der Waals surface area contributed by atoms with E-state index in [0.717, 1.165) is 30.4 Å². The molecule has 0 aliphatic heterocycles. The Morgan fingerprint density at radius 3 is 2.71 bits per heavy atom. The van der Waals surface area contributed by atoms with Gasteiger partial charge in [-0.3, -0.25) is 9.48 Å². The molecule has 0 radical (unpaired) electrons. The normalized spacial score (nSPS) is 15.8. The molecule has 1 atom stereocenters. The van der Waals surface area contributed by atoms with E-state index in [2.05, 4.69) is 27.3 Å². The Kier molecular flexibility index (Phi) is 6.40. The lowest BCUT2D eigenvalue weighted by Gasteiger charge is -2.23. The largest absolute Gasteiger partial charge is 0.435 e. The van der Waals surface area contributed by atoms with Gasteiger partial charge in [-0.25, -0.2) is 0 Å². The highest BCUT2D eigenvalue weighted by Gasteiger charge is 2.25. The Bertz CT molecular complexity index is 1050. The van der Waals surface area contributed by atoms with Crippen molar-refractivity contribution in [2.24, 2.45) is 0 Å². The molecular formula is C24H23F2N3O2. The molecule has 160 valence electrons. The van der Waals surface area contributed by atoms with Crippen LogP contribution in [-0.4, -0.2) is 22.3 Å². The SMILES string of the molecule is O=C(/C=C/c1ccc(OC(F)F)cc1)NC1CCCc2c1cnn2Cc1ccccc1. The maximum atomic E-state index is 12.5. The van der Waals surface area contributed by atoms with Crippen LogP contribution < -0.4 is 10.1 Å². The van der Waals surface area contributed by atoms with Crippen LogP contribution in [-0.2, 0) is 17.8 Å². The number of amides is 1. The van der Waals surface area contributed by atoms with E-state index in [1.54, 1.807) is 18.2 Å². The quantitative estimate of drug-likeness (QED) is 0.559. The minimum Gasteiger partial charge on any atom is -0.435 e. The number of hydrogen-bond acceptors (Lipinski definition) is 3. The summed E-state index contributed by atoms with van der Waals surface area (Å²) >= 11 is 0. The summed E-state index contributed by atoms with van der Waals surface area (Å²) in [6, 6.07) is 16.2. The van der Waals surface area contributed by atoms with Gasteiger partial charge in [0.25, 0.3) is 0 Å². The molecule has 4 rings (SSSR count). The lowest BCUT2D eigenvalue weighted by Crippen LogP contribution is -2.29. The van der Waals surface area contributed by atoms with E-state index in [9.17, 15) is 13.6 Å². The number of alkyl halides is 2. The van der Waals surface area contributed by atoms with Crippen molar-refractivity contribution in [3.8, 4) is 5.75 Å². The summed E-state index contributed by atoms with van der Waals surface area (Å²) in [5, 5.41) is 7.61.